The molecule has 1 N–H and O–H groups in total. The van der Waals surface area contributed by atoms with Gasteiger partial charge in [0, 0.05) is 12.0 Å². The predicted molar refractivity (Wildman–Crippen MR) is 122 cm³/mol. The minimum atomic E-state index is -4.95. The van der Waals surface area contributed by atoms with E-state index in [1.165, 1.54) is 4.80 Å². The van der Waals surface area contributed by atoms with Crippen molar-refractivity contribution in [3.05, 3.63) is 71.0 Å². The first-order chi connectivity index (χ1) is 18.0. The van der Waals surface area contributed by atoms with Gasteiger partial charge in [0.15, 0.2) is 5.82 Å². The fraction of sp³-hybridized carbons (Fsp3) is 0.480. The molecule has 2 aliphatic rings. The van der Waals surface area contributed by atoms with Crippen LogP contribution in [0, 0.1) is 0 Å². The molecular weight excluding hydrogens is 516 g/mol. The summed E-state index contributed by atoms with van der Waals surface area (Å²) in [5.74, 6) is 0.112. The van der Waals surface area contributed by atoms with Crippen LogP contribution in [-0.4, -0.2) is 45.6 Å². The third-order valence-electron chi connectivity index (χ3n) is 7.14. The average molecular weight is 541 g/mol. The lowest BCUT2D eigenvalue weighted by Crippen LogP contribution is -2.54. The summed E-state index contributed by atoms with van der Waals surface area (Å²) in [6.45, 7) is -0.254. The summed E-state index contributed by atoms with van der Waals surface area (Å²) in [4.78, 5) is 1.41. The Kier molecular flexibility index (Phi) is 6.84. The molecule has 2 aliphatic heterocycles. The van der Waals surface area contributed by atoms with Crippen LogP contribution in [0.1, 0.15) is 47.7 Å². The van der Waals surface area contributed by atoms with Crippen molar-refractivity contribution in [2.75, 3.05) is 13.2 Å². The van der Waals surface area contributed by atoms with Gasteiger partial charge in [-0.2, -0.15) is 31.1 Å². The normalized spacial score (nSPS) is 25.5. The number of nitrogens with zero attached hydrogens (tertiary/aromatic N) is 4. The first-order valence-electron chi connectivity index (χ1n) is 12.1. The molecule has 3 aromatic rings. The molecule has 13 heteroatoms. The van der Waals surface area contributed by atoms with Gasteiger partial charge in [-0.15, -0.1) is 10.2 Å². The van der Waals surface area contributed by atoms with E-state index >= 15 is 0 Å². The van der Waals surface area contributed by atoms with Crippen LogP contribution in [0.3, 0.4) is 0 Å². The van der Waals surface area contributed by atoms with Crippen LogP contribution in [0.15, 0.2) is 48.5 Å². The zero-order chi connectivity index (χ0) is 27.1. The van der Waals surface area contributed by atoms with Crippen molar-refractivity contribution in [3.63, 3.8) is 0 Å². The molecule has 38 heavy (non-hydrogen) atoms. The van der Waals surface area contributed by atoms with Gasteiger partial charge < -0.3 is 14.8 Å². The van der Waals surface area contributed by atoms with Crippen LogP contribution >= 0.6 is 0 Å². The fourth-order valence-corrected chi connectivity index (χ4v) is 5.48. The highest BCUT2D eigenvalue weighted by atomic mass is 19.4. The molecule has 0 aliphatic carbocycles. The van der Waals surface area contributed by atoms with Crippen molar-refractivity contribution in [1.82, 2.24) is 25.5 Å². The number of aromatic nitrogens is 4. The van der Waals surface area contributed by atoms with Crippen molar-refractivity contribution < 1.29 is 35.8 Å². The molecule has 0 saturated carbocycles. The third kappa shape index (κ3) is 5.21. The average Bonchev–Trinajstić information content (AvgIpc) is 3.44. The Morgan fingerprint density at radius 1 is 0.974 bits per heavy atom. The molecule has 2 fully saturated rings. The van der Waals surface area contributed by atoms with Crippen LogP contribution < -0.4 is 10.1 Å². The van der Waals surface area contributed by atoms with Crippen molar-refractivity contribution >= 4 is 0 Å². The van der Waals surface area contributed by atoms with Crippen LogP contribution in [0.5, 0.6) is 5.75 Å². The maximum absolute atomic E-state index is 13.1. The second kappa shape index (κ2) is 9.84. The lowest BCUT2D eigenvalue weighted by Gasteiger charge is -2.42. The van der Waals surface area contributed by atoms with Gasteiger partial charge in [0.25, 0.3) is 0 Å². The SMILES string of the molecule is Cn1nnc([C@H]2C[C@@]3(c4ccccc4)N[C@@H]2CC[C@@H]3OCCOc2cc(C(F)(F)F)cc(C(F)(F)F)c2)n1. The Balaban J connectivity index is 1.31. The van der Waals surface area contributed by atoms with Gasteiger partial charge in [-0.3, -0.25) is 0 Å². The summed E-state index contributed by atoms with van der Waals surface area (Å²) in [5, 5.41) is 16.3. The van der Waals surface area contributed by atoms with Crippen LogP contribution in [0.25, 0.3) is 0 Å². The van der Waals surface area contributed by atoms with Gasteiger partial charge >= 0.3 is 12.4 Å². The van der Waals surface area contributed by atoms with Gasteiger partial charge in [0.1, 0.15) is 12.4 Å². The van der Waals surface area contributed by atoms with Gasteiger partial charge in [-0.1, -0.05) is 30.3 Å². The zero-order valence-corrected chi connectivity index (χ0v) is 20.3. The van der Waals surface area contributed by atoms with E-state index in [0.29, 0.717) is 30.8 Å². The molecule has 0 unspecified atom stereocenters. The number of piperidine rings is 1. The van der Waals surface area contributed by atoms with Gasteiger partial charge in [-0.05, 0) is 48.2 Å². The van der Waals surface area contributed by atoms with Gasteiger partial charge in [-0.25, -0.2) is 0 Å². The fourth-order valence-electron chi connectivity index (χ4n) is 5.48. The van der Waals surface area contributed by atoms with E-state index in [2.05, 4.69) is 20.7 Å². The molecule has 3 heterocycles. The van der Waals surface area contributed by atoms with Crippen molar-refractivity contribution in [2.45, 2.75) is 55.2 Å². The van der Waals surface area contributed by atoms with Crippen LogP contribution in [0.2, 0.25) is 0 Å². The number of ether oxygens (including phenoxy) is 2. The molecular formula is C25H25F6N5O2. The van der Waals surface area contributed by atoms with E-state index in [9.17, 15) is 26.3 Å². The van der Waals surface area contributed by atoms with E-state index in [1.54, 1.807) is 7.05 Å². The van der Waals surface area contributed by atoms with E-state index < -0.39 is 34.8 Å². The Morgan fingerprint density at radius 2 is 1.66 bits per heavy atom. The smallest absolute Gasteiger partial charge is 0.416 e. The summed E-state index contributed by atoms with van der Waals surface area (Å²) in [6, 6.07) is 11.0. The molecule has 0 radical (unpaired) electrons. The number of halogens is 6. The molecule has 0 amide bonds. The molecule has 2 aromatic carbocycles. The molecule has 4 atom stereocenters. The highest BCUT2D eigenvalue weighted by Gasteiger charge is 2.55. The molecule has 2 saturated heterocycles. The van der Waals surface area contributed by atoms with Gasteiger partial charge in [0.05, 0.1) is 36.4 Å². The maximum atomic E-state index is 13.1. The van der Waals surface area contributed by atoms with Crippen LogP contribution in [0.4, 0.5) is 26.3 Å². The number of benzene rings is 2. The molecule has 7 nitrogen and oxygen atoms in total. The third-order valence-corrected chi connectivity index (χ3v) is 7.14. The highest BCUT2D eigenvalue weighted by Crippen LogP contribution is 2.50. The lowest BCUT2D eigenvalue weighted by molar-refractivity contribution is -0.143. The lowest BCUT2D eigenvalue weighted by atomic mass is 9.80. The monoisotopic (exact) mass is 541 g/mol. The number of rotatable bonds is 7. The number of aryl methyl sites for hydroxylation is 1. The second-order valence-electron chi connectivity index (χ2n) is 9.56. The molecule has 0 spiro atoms. The highest BCUT2D eigenvalue weighted by molar-refractivity contribution is 5.37. The molecule has 5 rings (SSSR count). The first-order valence-corrected chi connectivity index (χ1v) is 12.1. The Hall–Kier alpha value is -3.19. The van der Waals surface area contributed by atoms with Crippen LogP contribution in [-0.2, 0) is 29.7 Å². The minimum absolute atomic E-state index is 0.000320. The number of nitrogens with one attached hydrogen (secondary N) is 1. The number of hydrogen-bond acceptors (Lipinski definition) is 6. The van der Waals surface area contributed by atoms with E-state index in [-0.39, 0.29) is 37.3 Å². The summed E-state index contributed by atoms with van der Waals surface area (Å²) < 4.78 is 90.3. The number of alkyl halides is 6. The predicted octanol–water partition coefficient (Wildman–Crippen LogP) is 4.85. The van der Waals surface area contributed by atoms with E-state index in [0.717, 1.165) is 12.0 Å². The summed E-state index contributed by atoms with van der Waals surface area (Å²) in [6.07, 6.45) is -8.12. The summed E-state index contributed by atoms with van der Waals surface area (Å²) in [7, 11) is 1.70. The Labute approximate surface area is 214 Å². The van der Waals surface area contributed by atoms with Crippen molar-refractivity contribution in [2.24, 2.45) is 7.05 Å². The van der Waals surface area contributed by atoms with Gasteiger partial charge in [0.2, 0.25) is 0 Å². The minimum Gasteiger partial charge on any atom is -0.491 e. The molecule has 204 valence electrons. The number of tetrazole rings is 1. The quantitative estimate of drug-likeness (QED) is 0.341. The Bertz CT molecular complexity index is 1230. The molecule has 2 bridgehead atoms. The Morgan fingerprint density at radius 3 is 2.26 bits per heavy atom. The maximum Gasteiger partial charge on any atom is 0.416 e. The van der Waals surface area contributed by atoms with Crippen molar-refractivity contribution in [1.29, 1.82) is 0 Å². The first kappa shape index (κ1) is 26.4. The second-order valence-corrected chi connectivity index (χ2v) is 9.56. The molecule has 1 aromatic heterocycles. The summed E-state index contributed by atoms with van der Waals surface area (Å²) >= 11 is 0. The number of hydrogen-bond donors (Lipinski definition) is 1. The van der Waals surface area contributed by atoms with Crippen molar-refractivity contribution in [3.8, 4) is 5.75 Å². The number of fused-ring (bicyclic) bond motifs is 2. The standard InChI is InChI=1S/C25H25F6N5O2/c1-36-34-22(33-35-36)19-14-23(15-5-3-2-4-6-15)21(8-7-20(19)32-23)38-10-9-37-18-12-16(24(26,27)28)11-17(13-18)25(29,30)31/h2-6,11-13,19-21,32H,7-10,14H2,1H3/t19-,20+,21-,23-/m0/s1. The summed E-state index contributed by atoms with van der Waals surface area (Å²) in [5.41, 5.74) is -2.42. The largest absolute Gasteiger partial charge is 0.491 e. The zero-order valence-electron chi connectivity index (χ0n) is 20.3. The topological polar surface area (TPSA) is 74.1 Å². The van der Waals surface area contributed by atoms with E-state index in [1.807, 2.05) is 30.3 Å². The van der Waals surface area contributed by atoms with E-state index in [4.69, 9.17) is 9.47 Å².